The van der Waals surface area contributed by atoms with Crippen LogP contribution in [-0.2, 0) is 4.79 Å². The summed E-state index contributed by atoms with van der Waals surface area (Å²) in [6.45, 7) is -2.65. The predicted octanol–water partition coefficient (Wildman–Crippen LogP) is 3.17. The maximum Gasteiger partial charge on any atom is 0.311 e. The number of carboxylic acids is 1. The van der Waals surface area contributed by atoms with Gasteiger partial charge in [-0.1, -0.05) is 30.3 Å². The van der Waals surface area contributed by atoms with Crippen molar-refractivity contribution in [2.75, 3.05) is 0 Å². The van der Waals surface area contributed by atoms with Gasteiger partial charge in [-0.3, -0.25) is 9.59 Å². The minimum absolute atomic E-state index is 0.154. The third-order valence-electron chi connectivity index (χ3n) is 2.42. The van der Waals surface area contributed by atoms with E-state index >= 15 is 0 Å². The molecular formula is C14H12O3S. The molecule has 1 atom stereocenters. The molecule has 1 unspecified atom stereocenters. The minimum Gasteiger partial charge on any atom is -0.481 e. The Labute approximate surface area is 113 Å². The molecule has 2 aromatic rings. The molecule has 4 heteroatoms. The van der Waals surface area contributed by atoms with Crippen molar-refractivity contribution in [3.63, 3.8) is 0 Å². The second kappa shape index (κ2) is 5.14. The molecule has 0 bridgehead atoms. The van der Waals surface area contributed by atoms with Crippen LogP contribution >= 0.6 is 11.3 Å². The number of aliphatic carboxylic acids is 1. The fourth-order valence-electron chi connectivity index (χ4n) is 1.48. The molecule has 1 aromatic carbocycles. The van der Waals surface area contributed by atoms with Gasteiger partial charge >= 0.3 is 5.97 Å². The van der Waals surface area contributed by atoms with Crippen molar-refractivity contribution in [1.82, 2.24) is 0 Å². The van der Waals surface area contributed by atoms with Gasteiger partial charge < -0.3 is 5.11 Å². The largest absolute Gasteiger partial charge is 0.481 e. The first-order chi connectivity index (χ1) is 9.80. The molecule has 1 aromatic heterocycles. The van der Waals surface area contributed by atoms with E-state index in [1.165, 1.54) is 12.1 Å². The van der Waals surface area contributed by atoms with Crippen molar-refractivity contribution < 1.29 is 18.8 Å². The van der Waals surface area contributed by atoms with E-state index in [0.717, 1.165) is 11.3 Å². The summed E-state index contributed by atoms with van der Waals surface area (Å²) in [5.74, 6) is -3.28. The number of carboxylic acid groups (broad SMARTS) is 1. The molecule has 0 radical (unpaired) electrons. The number of ketones is 1. The summed E-state index contributed by atoms with van der Waals surface area (Å²) in [5, 5.41) is 9.09. The van der Waals surface area contributed by atoms with Gasteiger partial charge in [-0.25, -0.2) is 0 Å². The molecular weight excluding hydrogens is 248 g/mol. The number of rotatable bonds is 4. The van der Waals surface area contributed by atoms with Crippen molar-refractivity contribution in [3.05, 3.63) is 57.8 Å². The second-order valence-corrected chi connectivity index (χ2v) is 4.78. The lowest BCUT2D eigenvalue weighted by molar-refractivity contribution is -0.138. The zero-order chi connectivity index (χ0) is 15.6. The number of carbonyl (C=O) groups is 2. The molecule has 0 saturated carbocycles. The molecule has 2 rings (SSSR count). The van der Waals surface area contributed by atoms with Gasteiger partial charge in [-0.15, -0.1) is 11.3 Å². The van der Waals surface area contributed by atoms with Crippen molar-refractivity contribution in [2.45, 2.75) is 12.8 Å². The summed E-state index contributed by atoms with van der Waals surface area (Å²) in [6.07, 6.45) is 0. The number of thiophene rings is 1. The molecule has 1 heterocycles. The van der Waals surface area contributed by atoms with Crippen LogP contribution in [-0.4, -0.2) is 16.9 Å². The Kier molecular flexibility index (Phi) is 2.59. The molecule has 0 amide bonds. The van der Waals surface area contributed by atoms with E-state index in [9.17, 15) is 9.59 Å². The second-order valence-electron chi connectivity index (χ2n) is 3.67. The molecule has 0 aliphatic rings. The molecule has 1 N–H and O–H groups in total. The van der Waals surface area contributed by atoms with Gasteiger partial charge in [0.2, 0.25) is 5.78 Å². The highest BCUT2D eigenvalue weighted by molar-refractivity contribution is 7.14. The van der Waals surface area contributed by atoms with Gasteiger partial charge in [0, 0.05) is 14.6 Å². The lowest BCUT2D eigenvalue weighted by Gasteiger charge is -2.01. The van der Waals surface area contributed by atoms with Crippen LogP contribution < -0.4 is 0 Å². The average molecular weight is 263 g/mol. The van der Waals surface area contributed by atoms with Crippen molar-refractivity contribution >= 4 is 23.1 Å². The summed E-state index contributed by atoms with van der Waals surface area (Å²) in [5.41, 5.74) is 0.478. The molecule has 3 nitrogen and oxygen atoms in total. The SMILES string of the molecule is [2H]C([2H])([2H])C(C(=O)O)c1ccc(C(=O)c2ccccc2)s1. The molecule has 0 saturated heterocycles. The Morgan fingerprint density at radius 3 is 2.56 bits per heavy atom. The standard InChI is InChI=1S/C14H12O3S/c1-9(14(16)17)11-7-8-12(18-11)13(15)10-5-3-2-4-6-10/h2-9H,1H3,(H,16,17)/i1D3. The topological polar surface area (TPSA) is 54.4 Å². The van der Waals surface area contributed by atoms with E-state index in [-0.39, 0.29) is 10.7 Å². The van der Waals surface area contributed by atoms with Crippen molar-refractivity contribution in [1.29, 1.82) is 0 Å². The Morgan fingerprint density at radius 2 is 1.94 bits per heavy atom. The third-order valence-corrected chi connectivity index (χ3v) is 3.57. The van der Waals surface area contributed by atoms with E-state index in [1.54, 1.807) is 30.3 Å². The quantitative estimate of drug-likeness (QED) is 0.862. The number of hydrogen-bond acceptors (Lipinski definition) is 3. The van der Waals surface area contributed by atoms with E-state index < -0.39 is 18.7 Å². The maximum absolute atomic E-state index is 12.2. The normalized spacial score (nSPS) is 15.2. The zero-order valence-electron chi connectivity index (χ0n) is 12.3. The average Bonchev–Trinajstić information content (AvgIpc) is 2.86. The number of carbonyl (C=O) groups excluding carboxylic acids is 1. The molecule has 0 spiro atoms. The summed E-state index contributed by atoms with van der Waals surface area (Å²) >= 11 is 0.909. The fraction of sp³-hybridized carbons (Fsp3) is 0.143. The third kappa shape index (κ3) is 2.49. The predicted molar refractivity (Wildman–Crippen MR) is 70.2 cm³/mol. The van der Waals surface area contributed by atoms with Gasteiger partial charge in [0.25, 0.3) is 0 Å². The smallest absolute Gasteiger partial charge is 0.311 e. The molecule has 18 heavy (non-hydrogen) atoms. The van der Waals surface area contributed by atoms with Crippen molar-refractivity contribution in [2.24, 2.45) is 0 Å². The van der Waals surface area contributed by atoms with E-state index in [0.29, 0.717) is 10.4 Å². The summed E-state index contributed by atoms with van der Waals surface area (Å²) in [7, 11) is 0. The van der Waals surface area contributed by atoms with Gasteiger partial charge in [0.05, 0.1) is 10.8 Å². The Balaban J connectivity index is 2.34. The molecule has 0 aliphatic heterocycles. The molecule has 92 valence electrons. The van der Waals surface area contributed by atoms with Gasteiger partial charge in [0.15, 0.2) is 0 Å². The minimum atomic E-state index is -2.65. The summed E-state index contributed by atoms with van der Waals surface area (Å²) in [6, 6.07) is 11.4. The lowest BCUT2D eigenvalue weighted by Crippen LogP contribution is -2.05. The van der Waals surface area contributed by atoms with Crippen LogP contribution in [0.3, 0.4) is 0 Å². The Hall–Kier alpha value is -1.94. The van der Waals surface area contributed by atoms with Gasteiger partial charge in [-0.2, -0.15) is 0 Å². The lowest BCUT2D eigenvalue weighted by atomic mass is 10.1. The van der Waals surface area contributed by atoms with Crippen molar-refractivity contribution in [3.8, 4) is 0 Å². The Morgan fingerprint density at radius 1 is 1.22 bits per heavy atom. The first-order valence-electron chi connectivity index (χ1n) is 6.73. The van der Waals surface area contributed by atoms with Crippen LogP contribution in [0, 0.1) is 0 Å². The van der Waals surface area contributed by atoms with Crippen LogP contribution in [0.15, 0.2) is 42.5 Å². The van der Waals surface area contributed by atoms with E-state index in [4.69, 9.17) is 9.22 Å². The number of benzene rings is 1. The number of hydrogen-bond donors (Lipinski definition) is 1. The molecule has 0 aliphatic carbocycles. The van der Waals surface area contributed by atoms with Crippen LogP contribution in [0.5, 0.6) is 0 Å². The first kappa shape index (κ1) is 9.05. The highest BCUT2D eigenvalue weighted by Crippen LogP contribution is 2.26. The monoisotopic (exact) mass is 263 g/mol. The zero-order valence-corrected chi connectivity index (χ0v) is 10.1. The summed E-state index contributed by atoms with van der Waals surface area (Å²) < 4.78 is 21.9. The van der Waals surface area contributed by atoms with Crippen LogP contribution in [0.2, 0.25) is 0 Å². The summed E-state index contributed by atoms with van der Waals surface area (Å²) in [4.78, 5) is 23.9. The highest BCUT2D eigenvalue weighted by Gasteiger charge is 2.18. The molecule has 0 fully saturated rings. The van der Waals surface area contributed by atoms with E-state index in [1.807, 2.05) is 0 Å². The van der Waals surface area contributed by atoms with Crippen LogP contribution in [0.1, 0.15) is 37.0 Å². The first-order valence-corrected chi connectivity index (χ1v) is 6.04. The van der Waals surface area contributed by atoms with Gasteiger partial charge in [-0.05, 0) is 19.0 Å². The maximum atomic E-state index is 12.2. The van der Waals surface area contributed by atoms with Crippen LogP contribution in [0.25, 0.3) is 0 Å². The van der Waals surface area contributed by atoms with E-state index in [2.05, 4.69) is 0 Å². The highest BCUT2D eigenvalue weighted by atomic mass is 32.1. The Bertz CT molecular complexity index is 662. The fourth-order valence-corrected chi connectivity index (χ4v) is 2.44. The van der Waals surface area contributed by atoms with Crippen LogP contribution in [0.4, 0.5) is 0 Å². The van der Waals surface area contributed by atoms with Gasteiger partial charge in [0.1, 0.15) is 0 Å².